The van der Waals surface area contributed by atoms with Gasteiger partial charge in [0.05, 0.1) is 18.7 Å². The van der Waals surface area contributed by atoms with Gasteiger partial charge in [-0.1, -0.05) is 23.4 Å². The van der Waals surface area contributed by atoms with E-state index in [0.29, 0.717) is 28.0 Å². The zero-order valence-electron chi connectivity index (χ0n) is 17.2. The standard InChI is InChI=1S/C24H25NO3/c1-14(2)22(17(5)26)24(19-11-10-18(13-25)12-21(19)28-6)23-16(4)15(3)8-7-9-20(23)27/h7-8,10-12,24,27H,1-6H3. The van der Waals surface area contributed by atoms with Crippen LogP contribution < -0.4 is 4.74 Å². The number of aliphatic hydroxyl groups excluding tert-OH is 1. The molecule has 0 spiro atoms. The number of rotatable bonds is 5. The second-order valence-corrected chi connectivity index (χ2v) is 7.02. The summed E-state index contributed by atoms with van der Waals surface area (Å²) in [4.78, 5) is 12.6. The number of allylic oxidation sites excluding steroid dienone is 6. The number of nitrogens with zero attached hydrogens (tertiary/aromatic N) is 1. The molecule has 4 heteroatoms. The van der Waals surface area contributed by atoms with Crippen molar-refractivity contribution in [2.45, 2.75) is 40.5 Å². The van der Waals surface area contributed by atoms with Crippen molar-refractivity contribution < 1.29 is 14.6 Å². The number of ether oxygens (including phenoxy) is 1. The third kappa shape index (κ3) is 4.01. The van der Waals surface area contributed by atoms with E-state index in [-0.39, 0.29) is 11.5 Å². The molecule has 0 heterocycles. The first-order chi connectivity index (χ1) is 13.2. The molecular formula is C24H25NO3. The molecule has 0 aliphatic heterocycles. The maximum Gasteiger partial charge on any atom is 0.163 e. The molecule has 0 amide bonds. The van der Waals surface area contributed by atoms with E-state index in [4.69, 9.17) is 4.74 Å². The van der Waals surface area contributed by atoms with Crippen molar-refractivity contribution in [3.05, 3.63) is 80.8 Å². The summed E-state index contributed by atoms with van der Waals surface area (Å²) in [6, 6.07) is 7.24. The van der Waals surface area contributed by atoms with Gasteiger partial charge in [-0.05, 0) is 64.0 Å². The number of carbonyl (C=O) groups is 1. The number of benzene rings is 1. The van der Waals surface area contributed by atoms with Crippen molar-refractivity contribution in [2.75, 3.05) is 7.11 Å². The van der Waals surface area contributed by atoms with E-state index >= 15 is 0 Å². The minimum Gasteiger partial charge on any atom is -0.501 e. The van der Waals surface area contributed by atoms with Gasteiger partial charge in [0.25, 0.3) is 0 Å². The lowest BCUT2D eigenvalue weighted by Gasteiger charge is -2.27. The Kier molecular flexibility index (Phi) is 6.46. The molecule has 1 N–H and O–H groups in total. The summed E-state index contributed by atoms with van der Waals surface area (Å²) in [5.74, 6) is -0.152. The zero-order valence-corrected chi connectivity index (χ0v) is 17.2. The maximum absolute atomic E-state index is 12.6. The van der Waals surface area contributed by atoms with Gasteiger partial charge in [0.1, 0.15) is 5.75 Å². The molecule has 2 rings (SSSR count). The summed E-state index contributed by atoms with van der Waals surface area (Å²) in [5, 5.41) is 20.0. The fourth-order valence-electron chi connectivity index (χ4n) is 3.51. The maximum atomic E-state index is 12.6. The molecule has 1 aromatic carbocycles. The van der Waals surface area contributed by atoms with Gasteiger partial charge >= 0.3 is 0 Å². The van der Waals surface area contributed by atoms with E-state index in [1.165, 1.54) is 14.0 Å². The van der Waals surface area contributed by atoms with Crippen LogP contribution in [0, 0.1) is 11.3 Å². The third-order valence-electron chi connectivity index (χ3n) is 4.97. The SMILES string of the molecule is COc1cc(C#N)ccc1C(C(C(C)=O)=C(C)C)C1=C(C)C(C)=CC=C=C1O. The fraction of sp³-hybridized carbons (Fsp3) is 0.292. The first kappa shape index (κ1) is 21.0. The predicted octanol–water partition coefficient (Wildman–Crippen LogP) is 5.45. The second-order valence-electron chi connectivity index (χ2n) is 7.02. The van der Waals surface area contributed by atoms with Gasteiger partial charge in [0, 0.05) is 22.6 Å². The van der Waals surface area contributed by atoms with Crippen LogP contribution in [0.2, 0.25) is 0 Å². The molecule has 0 fully saturated rings. The molecule has 1 aliphatic carbocycles. The average molecular weight is 375 g/mol. The summed E-state index contributed by atoms with van der Waals surface area (Å²) >= 11 is 0. The van der Waals surface area contributed by atoms with Crippen LogP contribution in [0.4, 0.5) is 0 Å². The first-order valence-corrected chi connectivity index (χ1v) is 9.03. The van der Waals surface area contributed by atoms with Crippen LogP contribution in [0.25, 0.3) is 0 Å². The number of methoxy groups -OCH3 is 1. The zero-order chi connectivity index (χ0) is 21.0. The summed E-state index contributed by atoms with van der Waals surface area (Å²) in [7, 11) is 1.53. The van der Waals surface area contributed by atoms with Gasteiger partial charge in [-0.25, -0.2) is 0 Å². The Morgan fingerprint density at radius 3 is 2.46 bits per heavy atom. The van der Waals surface area contributed by atoms with Gasteiger partial charge in [0.15, 0.2) is 11.5 Å². The Balaban J connectivity index is 2.96. The average Bonchev–Trinajstić information content (AvgIpc) is 2.77. The lowest BCUT2D eigenvalue weighted by Crippen LogP contribution is -2.17. The first-order valence-electron chi connectivity index (χ1n) is 9.03. The molecule has 0 radical (unpaired) electrons. The highest BCUT2D eigenvalue weighted by molar-refractivity contribution is 5.97. The summed E-state index contributed by atoms with van der Waals surface area (Å²) in [5.41, 5.74) is 7.95. The van der Waals surface area contributed by atoms with Crippen molar-refractivity contribution in [1.29, 1.82) is 5.26 Å². The quantitative estimate of drug-likeness (QED) is 0.549. The lowest BCUT2D eigenvalue weighted by atomic mass is 9.77. The van der Waals surface area contributed by atoms with E-state index in [2.05, 4.69) is 11.8 Å². The van der Waals surface area contributed by atoms with Crippen molar-refractivity contribution >= 4 is 5.78 Å². The highest BCUT2D eigenvalue weighted by Crippen LogP contribution is 2.44. The Bertz CT molecular complexity index is 1020. The van der Waals surface area contributed by atoms with Crippen LogP contribution >= 0.6 is 0 Å². The monoisotopic (exact) mass is 375 g/mol. The number of ketones is 1. The number of nitriles is 1. The normalized spacial score (nSPS) is 14.5. The fourth-order valence-corrected chi connectivity index (χ4v) is 3.51. The number of hydrogen-bond donors (Lipinski definition) is 1. The summed E-state index contributed by atoms with van der Waals surface area (Å²) in [6.45, 7) is 9.16. The summed E-state index contributed by atoms with van der Waals surface area (Å²) < 4.78 is 5.56. The molecule has 28 heavy (non-hydrogen) atoms. The molecule has 0 bridgehead atoms. The molecule has 1 unspecified atom stereocenters. The van der Waals surface area contributed by atoms with E-state index in [1.54, 1.807) is 24.3 Å². The van der Waals surface area contributed by atoms with Crippen LogP contribution in [-0.2, 0) is 4.79 Å². The van der Waals surface area contributed by atoms with Crippen LogP contribution in [0.15, 0.2) is 69.7 Å². The molecule has 1 aromatic rings. The predicted molar refractivity (Wildman–Crippen MR) is 110 cm³/mol. The van der Waals surface area contributed by atoms with E-state index < -0.39 is 5.92 Å². The molecule has 1 aliphatic rings. The van der Waals surface area contributed by atoms with E-state index in [9.17, 15) is 15.2 Å². The third-order valence-corrected chi connectivity index (χ3v) is 4.97. The second kappa shape index (κ2) is 8.61. The molecule has 4 nitrogen and oxygen atoms in total. The number of aliphatic hydroxyl groups is 1. The minimum absolute atomic E-state index is 0.0120. The highest BCUT2D eigenvalue weighted by Gasteiger charge is 2.32. The molecule has 0 aromatic heterocycles. The van der Waals surface area contributed by atoms with Crippen LogP contribution in [0.5, 0.6) is 5.75 Å². The molecular weight excluding hydrogens is 350 g/mol. The summed E-state index contributed by atoms with van der Waals surface area (Å²) in [6.07, 6.45) is 3.55. The number of Topliss-reactive ketones (excluding diaryl/α,β-unsaturated/α-hetero) is 1. The topological polar surface area (TPSA) is 70.3 Å². The van der Waals surface area contributed by atoms with Gasteiger partial charge in [0.2, 0.25) is 0 Å². The van der Waals surface area contributed by atoms with Crippen LogP contribution in [0.3, 0.4) is 0 Å². The Labute approximate surface area is 166 Å². The Morgan fingerprint density at radius 2 is 1.93 bits per heavy atom. The van der Waals surface area contributed by atoms with Crippen molar-refractivity contribution in [3.8, 4) is 11.8 Å². The Morgan fingerprint density at radius 1 is 1.25 bits per heavy atom. The van der Waals surface area contributed by atoms with Crippen molar-refractivity contribution in [2.24, 2.45) is 0 Å². The highest BCUT2D eigenvalue weighted by atomic mass is 16.5. The van der Waals surface area contributed by atoms with Gasteiger partial charge in [-0.3, -0.25) is 4.79 Å². The van der Waals surface area contributed by atoms with E-state index in [1.807, 2.05) is 33.8 Å². The number of carbonyl (C=O) groups excluding carboxylic acids is 1. The van der Waals surface area contributed by atoms with E-state index in [0.717, 1.165) is 16.7 Å². The minimum atomic E-state index is -0.549. The van der Waals surface area contributed by atoms with Crippen molar-refractivity contribution in [3.63, 3.8) is 0 Å². The van der Waals surface area contributed by atoms with Crippen LogP contribution in [0.1, 0.15) is 51.7 Å². The molecule has 1 atom stereocenters. The molecule has 0 saturated heterocycles. The smallest absolute Gasteiger partial charge is 0.163 e. The molecule has 0 saturated carbocycles. The Hall–Kier alpha value is -3.28. The largest absolute Gasteiger partial charge is 0.501 e. The van der Waals surface area contributed by atoms with Crippen molar-refractivity contribution in [1.82, 2.24) is 0 Å². The molecule has 144 valence electrons. The van der Waals surface area contributed by atoms with Gasteiger partial charge < -0.3 is 9.84 Å². The van der Waals surface area contributed by atoms with Crippen LogP contribution in [-0.4, -0.2) is 18.0 Å². The van der Waals surface area contributed by atoms with Gasteiger partial charge in [-0.15, -0.1) is 0 Å². The lowest BCUT2D eigenvalue weighted by molar-refractivity contribution is -0.113. The number of hydrogen-bond acceptors (Lipinski definition) is 4. The van der Waals surface area contributed by atoms with Gasteiger partial charge in [-0.2, -0.15) is 5.26 Å².